The summed E-state index contributed by atoms with van der Waals surface area (Å²) in [5.74, 6) is -0.135. The van der Waals surface area contributed by atoms with E-state index in [2.05, 4.69) is 36.2 Å². The topological polar surface area (TPSA) is 35.6 Å². The Labute approximate surface area is 153 Å². The maximum absolute atomic E-state index is 12.7. The van der Waals surface area contributed by atoms with Crippen molar-refractivity contribution in [2.45, 2.75) is 13.8 Å². The zero-order chi connectivity index (χ0) is 17.8. The number of hydrogen-bond acceptors (Lipinski definition) is 3. The quantitative estimate of drug-likeness (QED) is 0.657. The monoisotopic (exact) mass is 351 g/mol. The van der Waals surface area contributed by atoms with Crippen LogP contribution in [0, 0.1) is 0 Å². The number of nitrogens with one attached hydrogen (secondary N) is 1. The van der Waals surface area contributed by atoms with E-state index in [1.165, 1.54) is 10.6 Å². The molecule has 0 aliphatic carbocycles. The zero-order valence-electron chi connectivity index (χ0n) is 14.4. The number of carbonyl (C=O) groups is 1. The molecule has 4 nitrogen and oxygen atoms in total. The smallest absolute Gasteiger partial charge is 0.281 e. The van der Waals surface area contributed by atoms with E-state index < -0.39 is 0 Å². The lowest BCUT2D eigenvalue weighted by molar-refractivity contribution is -0.113. The van der Waals surface area contributed by atoms with Gasteiger partial charge in [0.1, 0.15) is 5.70 Å². The fourth-order valence-corrected chi connectivity index (χ4v) is 3.18. The molecular weight excluding hydrogens is 330 g/mol. The van der Waals surface area contributed by atoms with Crippen LogP contribution in [0.1, 0.15) is 19.4 Å². The summed E-state index contributed by atoms with van der Waals surface area (Å²) in [7, 11) is 0. The molecule has 0 unspecified atom stereocenters. The van der Waals surface area contributed by atoms with E-state index in [0.29, 0.717) is 10.8 Å². The van der Waals surface area contributed by atoms with Crippen LogP contribution in [0.25, 0.3) is 6.08 Å². The molecule has 1 aliphatic heterocycles. The van der Waals surface area contributed by atoms with Gasteiger partial charge in [-0.1, -0.05) is 30.3 Å². The molecule has 128 valence electrons. The van der Waals surface area contributed by atoms with Gasteiger partial charge in [0.25, 0.3) is 5.91 Å². The molecule has 1 amide bonds. The van der Waals surface area contributed by atoms with Crippen LogP contribution < -0.4 is 15.1 Å². The summed E-state index contributed by atoms with van der Waals surface area (Å²) in [5.41, 5.74) is 3.40. The number of rotatable bonds is 5. The highest BCUT2D eigenvalue weighted by Gasteiger charge is 2.31. The van der Waals surface area contributed by atoms with E-state index >= 15 is 0 Å². The minimum absolute atomic E-state index is 0.135. The number of nitrogens with zero attached hydrogens (tertiary/aromatic N) is 2. The van der Waals surface area contributed by atoms with Gasteiger partial charge in [-0.25, -0.2) is 0 Å². The molecule has 0 bridgehead atoms. The Morgan fingerprint density at radius 2 is 1.68 bits per heavy atom. The van der Waals surface area contributed by atoms with Crippen molar-refractivity contribution in [2.75, 3.05) is 22.9 Å². The van der Waals surface area contributed by atoms with E-state index in [1.807, 2.05) is 48.5 Å². The third kappa shape index (κ3) is 3.56. The Balaban J connectivity index is 1.82. The first-order valence-corrected chi connectivity index (χ1v) is 8.82. The van der Waals surface area contributed by atoms with Crippen molar-refractivity contribution < 1.29 is 4.79 Å². The molecule has 0 atom stereocenters. The summed E-state index contributed by atoms with van der Waals surface area (Å²) in [6.07, 6.45) is 1.84. The summed E-state index contributed by atoms with van der Waals surface area (Å²) >= 11 is 5.33. The van der Waals surface area contributed by atoms with Crippen molar-refractivity contribution in [2.24, 2.45) is 0 Å². The van der Waals surface area contributed by atoms with Crippen molar-refractivity contribution in [1.82, 2.24) is 5.32 Å². The van der Waals surface area contributed by atoms with E-state index in [0.717, 1.165) is 24.3 Å². The molecule has 2 aromatic carbocycles. The van der Waals surface area contributed by atoms with Gasteiger partial charge in [0, 0.05) is 18.8 Å². The molecule has 1 heterocycles. The second-order valence-electron chi connectivity index (χ2n) is 5.73. The minimum Gasteiger partial charge on any atom is -0.372 e. The molecule has 5 heteroatoms. The maximum atomic E-state index is 12.7. The number of para-hydroxylation sites is 1. The number of thiocarbonyl (C=S) groups is 1. The van der Waals surface area contributed by atoms with Crippen LogP contribution in [0.15, 0.2) is 60.3 Å². The van der Waals surface area contributed by atoms with Gasteiger partial charge in [-0.15, -0.1) is 0 Å². The summed E-state index contributed by atoms with van der Waals surface area (Å²) in [4.78, 5) is 16.5. The predicted octanol–water partition coefficient (Wildman–Crippen LogP) is 3.80. The van der Waals surface area contributed by atoms with Gasteiger partial charge < -0.3 is 10.2 Å². The van der Waals surface area contributed by atoms with Crippen molar-refractivity contribution in [1.29, 1.82) is 0 Å². The van der Waals surface area contributed by atoms with Gasteiger partial charge in [-0.05, 0) is 62.0 Å². The molecule has 1 N–H and O–H groups in total. The number of amides is 1. The highest BCUT2D eigenvalue weighted by molar-refractivity contribution is 7.80. The highest BCUT2D eigenvalue weighted by atomic mass is 32.1. The maximum Gasteiger partial charge on any atom is 0.281 e. The molecule has 1 aliphatic rings. The summed E-state index contributed by atoms with van der Waals surface area (Å²) < 4.78 is 0. The van der Waals surface area contributed by atoms with Gasteiger partial charge >= 0.3 is 0 Å². The second-order valence-corrected chi connectivity index (χ2v) is 6.11. The lowest BCUT2D eigenvalue weighted by atomic mass is 10.1. The van der Waals surface area contributed by atoms with Gasteiger partial charge in [0.05, 0.1) is 5.69 Å². The van der Waals surface area contributed by atoms with E-state index in [1.54, 1.807) is 0 Å². The predicted molar refractivity (Wildman–Crippen MR) is 108 cm³/mol. The normalized spacial score (nSPS) is 15.6. The van der Waals surface area contributed by atoms with Crippen LogP contribution in [-0.4, -0.2) is 24.1 Å². The second kappa shape index (κ2) is 7.49. The fraction of sp³-hybridized carbons (Fsp3) is 0.200. The van der Waals surface area contributed by atoms with Crippen LogP contribution in [0.2, 0.25) is 0 Å². The summed E-state index contributed by atoms with van der Waals surface area (Å²) in [6, 6.07) is 17.6. The van der Waals surface area contributed by atoms with Crippen LogP contribution >= 0.6 is 12.2 Å². The van der Waals surface area contributed by atoms with Gasteiger partial charge in [-0.3, -0.25) is 9.69 Å². The number of hydrogen-bond donors (Lipinski definition) is 1. The average Bonchev–Trinajstić information content (AvgIpc) is 2.91. The molecule has 1 saturated heterocycles. The van der Waals surface area contributed by atoms with E-state index in [9.17, 15) is 4.79 Å². The first-order chi connectivity index (χ1) is 12.1. The zero-order valence-corrected chi connectivity index (χ0v) is 15.2. The Bertz CT molecular complexity index is 795. The molecule has 1 fully saturated rings. The molecule has 0 saturated carbocycles. The fourth-order valence-electron chi connectivity index (χ4n) is 2.88. The first-order valence-electron chi connectivity index (χ1n) is 8.41. The summed E-state index contributed by atoms with van der Waals surface area (Å²) in [5, 5.41) is 3.42. The van der Waals surface area contributed by atoms with Crippen molar-refractivity contribution in [3.8, 4) is 0 Å². The van der Waals surface area contributed by atoms with Crippen LogP contribution in [0.5, 0.6) is 0 Å². The average molecular weight is 351 g/mol. The lowest BCUT2D eigenvalue weighted by Gasteiger charge is -2.20. The Morgan fingerprint density at radius 1 is 1.04 bits per heavy atom. The molecule has 25 heavy (non-hydrogen) atoms. The molecule has 0 spiro atoms. The number of benzene rings is 2. The third-order valence-electron chi connectivity index (χ3n) is 4.23. The Morgan fingerprint density at radius 3 is 2.28 bits per heavy atom. The Kier molecular flexibility index (Phi) is 5.14. The Hall–Kier alpha value is -2.66. The molecule has 3 rings (SSSR count). The van der Waals surface area contributed by atoms with Crippen LogP contribution in [0.4, 0.5) is 11.4 Å². The van der Waals surface area contributed by atoms with Crippen molar-refractivity contribution in [3.63, 3.8) is 0 Å². The van der Waals surface area contributed by atoms with Crippen LogP contribution in [0.3, 0.4) is 0 Å². The van der Waals surface area contributed by atoms with E-state index in [-0.39, 0.29) is 5.91 Å². The minimum atomic E-state index is -0.135. The van der Waals surface area contributed by atoms with E-state index in [4.69, 9.17) is 12.2 Å². The molecule has 2 aromatic rings. The molecule has 0 aromatic heterocycles. The first kappa shape index (κ1) is 17.2. The van der Waals surface area contributed by atoms with Crippen molar-refractivity contribution >= 4 is 40.7 Å². The number of anilines is 2. The van der Waals surface area contributed by atoms with Gasteiger partial charge in [0.2, 0.25) is 0 Å². The molecule has 0 radical (unpaired) electrons. The lowest BCUT2D eigenvalue weighted by Crippen LogP contribution is -2.30. The van der Waals surface area contributed by atoms with Crippen molar-refractivity contribution in [3.05, 3.63) is 65.9 Å². The van der Waals surface area contributed by atoms with Crippen LogP contribution in [-0.2, 0) is 4.79 Å². The van der Waals surface area contributed by atoms with Gasteiger partial charge in [0.15, 0.2) is 5.11 Å². The third-order valence-corrected chi connectivity index (χ3v) is 4.51. The van der Waals surface area contributed by atoms with Gasteiger partial charge in [-0.2, -0.15) is 0 Å². The molecular formula is C20H21N3OS. The number of carbonyl (C=O) groups excluding carboxylic acids is 1. The highest BCUT2D eigenvalue weighted by Crippen LogP contribution is 2.23. The standard InChI is InChI=1S/C20H21N3OS/c1-3-22(4-2)16-12-10-15(11-13-16)14-18-19(24)23(20(25)21-18)17-8-6-5-7-9-17/h5-14H,3-4H2,1-2H3,(H,21,25). The summed E-state index contributed by atoms with van der Waals surface area (Å²) in [6.45, 7) is 6.22. The SMILES string of the molecule is CCN(CC)c1ccc(C=C2NC(=S)N(c3ccccc3)C2=O)cc1. The largest absolute Gasteiger partial charge is 0.372 e.